The van der Waals surface area contributed by atoms with Crippen LogP contribution in [0.3, 0.4) is 0 Å². The van der Waals surface area contributed by atoms with E-state index in [0.717, 1.165) is 0 Å². The molecule has 0 spiro atoms. The maximum absolute atomic E-state index is 11.2. The smallest absolute Gasteiger partial charge is 0.325 e. The second kappa shape index (κ2) is 4.23. The molecule has 0 bridgehead atoms. The second-order valence-corrected chi connectivity index (χ2v) is 3.43. The Morgan fingerprint density at radius 2 is 2.43 bits per heavy atom. The van der Waals surface area contributed by atoms with Crippen molar-refractivity contribution in [1.82, 2.24) is 9.78 Å². The first-order chi connectivity index (χ1) is 6.56. The standard InChI is InChI=1S/C9H15N3O2/c1-9(10,8(13)14-2)4-7-12-6-3-5-11-12/h3,5-6H,4,7,10H2,1-2H3. The summed E-state index contributed by atoms with van der Waals surface area (Å²) in [6.45, 7) is 2.26. The number of ether oxygens (including phenoxy) is 1. The summed E-state index contributed by atoms with van der Waals surface area (Å²) in [6.07, 6.45) is 4.01. The fourth-order valence-electron chi connectivity index (χ4n) is 1.11. The van der Waals surface area contributed by atoms with Gasteiger partial charge in [0.25, 0.3) is 0 Å². The van der Waals surface area contributed by atoms with E-state index in [4.69, 9.17) is 5.73 Å². The number of nitrogens with zero attached hydrogens (tertiary/aromatic N) is 2. The van der Waals surface area contributed by atoms with Crippen molar-refractivity contribution in [2.45, 2.75) is 25.4 Å². The molecule has 0 fully saturated rings. The third-order valence-corrected chi connectivity index (χ3v) is 2.07. The van der Waals surface area contributed by atoms with E-state index in [0.29, 0.717) is 13.0 Å². The fourth-order valence-corrected chi connectivity index (χ4v) is 1.11. The van der Waals surface area contributed by atoms with Gasteiger partial charge in [-0.3, -0.25) is 9.48 Å². The molecule has 0 aliphatic rings. The highest BCUT2D eigenvalue weighted by Crippen LogP contribution is 2.08. The highest BCUT2D eigenvalue weighted by Gasteiger charge is 2.28. The van der Waals surface area contributed by atoms with Gasteiger partial charge >= 0.3 is 5.97 Å². The number of hydrogen-bond acceptors (Lipinski definition) is 4. The van der Waals surface area contributed by atoms with Crippen molar-refractivity contribution in [3.05, 3.63) is 18.5 Å². The van der Waals surface area contributed by atoms with Crippen LogP contribution in [0.4, 0.5) is 0 Å². The molecule has 0 saturated heterocycles. The first-order valence-electron chi connectivity index (χ1n) is 4.41. The molecule has 5 heteroatoms. The molecule has 14 heavy (non-hydrogen) atoms. The van der Waals surface area contributed by atoms with Crippen molar-refractivity contribution >= 4 is 5.97 Å². The summed E-state index contributed by atoms with van der Waals surface area (Å²) in [5, 5.41) is 4.01. The van der Waals surface area contributed by atoms with Crippen LogP contribution in [0.25, 0.3) is 0 Å². The Bertz CT molecular complexity index is 293. The molecule has 1 aromatic rings. The molecule has 0 amide bonds. The predicted octanol–water partition coefficient (Wildman–Crippen LogP) is 0.164. The van der Waals surface area contributed by atoms with Crippen molar-refractivity contribution in [3.8, 4) is 0 Å². The van der Waals surface area contributed by atoms with Gasteiger partial charge in [-0.15, -0.1) is 0 Å². The van der Waals surface area contributed by atoms with Gasteiger partial charge in [0, 0.05) is 18.9 Å². The molecular formula is C9H15N3O2. The lowest BCUT2D eigenvalue weighted by Gasteiger charge is -2.20. The van der Waals surface area contributed by atoms with E-state index in [9.17, 15) is 4.79 Å². The average molecular weight is 197 g/mol. The predicted molar refractivity (Wildman–Crippen MR) is 51.5 cm³/mol. The lowest BCUT2D eigenvalue weighted by Crippen LogP contribution is -2.46. The molecule has 1 rings (SSSR count). The van der Waals surface area contributed by atoms with E-state index in [-0.39, 0.29) is 0 Å². The van der Waals surface area contributed by atoms with Crippen LogP contribution in [0.1, 0.15) is 13.3 Å². The van der Waals surface area contributed by atoms with Crippen molar-refractivity contribution in [2.75, 3.05) is 7.11 Å². The van der Waals surface area contributed by atoms with Gasteiger partial charge in [-0.2, -0.15) is 5.10 Å². The van der Waals surface area contributed by atoms with E-state index >= 15 is 0 Å². The quantitative estimate of drug-likeness (QED) is 0.698. The van der Waals surface area contributed by atoms with Crippen LogP contribution in [-0.2, 0) is 16.1 Å². The molecule has 1 atom stereocenters. The van der Waals surface area contributed by atoms with Gasteiger partial charge in [0.2, 0.25) is 0 Å². The van der Waals surface area contributed by atoms with Crippen molar-refractivity contribution < 1.29 is 9.53 Å². The zero-order chi connectivity index (χ0) is 10.6. The third kappa shape index (κ3) is 2.56. The Labute approximate surface area is 82.8 Å². The number of hydrogen-bond donors (Lipinski definition) is 1. The van der Waals surface area contributed by atoms with Crippen LogP contribution in [0, 0.1) is 0 Å². The summed E-state index contributed by atoms with van der Waals surface area (Å²) in [4.78, 5) is 11.2. The summed E-state index contributed by atoms with van der Waals surface area (Å²) in [7, 11) is 1.33. The highest BCUT2D eigenvalue weighted by molar-refractivity contribution is 5.79. The molecule has 5 nitrogen and oxygen atoms in total. The minimum absolute atomic E-state index is 0.398. The fraction of sp³-hybridized carbons (Fsp3) is 0.556. The van der Waals surface area contributed by atoms with E-state index in [1.165, 1.54) is 7.11 Å². The number of carbonyl (C=O) groups is 1. The Morgan fingerprint density at radius 1 is 1.71 bits per heavy atom. The van der Waals surface area contributed by atoms with Crippen LogP contribution in [0.15, 0.2) is 18.5 Å². The number of rotatable bonds is 4. The van der Waals surface area contributed by atoms with Gasteiger partial charge in [-0.05, 0) is 19.4 Å². The molecule has 0 aliphatic carbocycles. The zero-order valence-electron chi connectivity index (χ0n) is 8.43. The Kier molecular flexibility index (Phi) is 3.24. The monoisotopic (exact) mass is 197 g/mol. The molecule has 0 saturated carbocycles. The lowest BCUT2D eigenvalue weighted by atomic mass is 10.00. The van der Waals surface area contributed by atoms with Crippen LogP contribution in [0.2, 0.25) is 0 Å². The van der Waals surface area contributed by atoms with Gasteiger partial charge in [-0.25, -0.2) is 0 Å². The van der Waals surface area contributed by atoms with Gasteiger partial charge in [0.1, 0.15) is 5.54 Å². The SMILES string of the molecule is COC(=O)C(C)(N)CCn1cccn1. The number of aryl methyl sites for hydroxylation is 1. The summed E-state index contributed by atoms with van der Waals surface area (Å²) < 4.78 is 6.32. The molecule has 1 aromatic heterocycles. The Balaban J connectivity index is 2.48. The van der Waals surface area contributed by atoms with Crippen LogP contribution < -0.4 is 5.73 Å². The highest BCUT2D eigenvalue weighted by atomic mass is 16.5. The van der Waals surface area contributed by atoms with E-state index < -0.39 is 11.5 Å². The lowest BCUT2D eigenvalue weighted by molar-refractivity contribution is -0.146. The minimum atomic E-state index is -0.944. The van der Waals surface area contributed by atoms with Crippen LogP contribution in [-0.4, -0.2) is 28.4 Å². The minimum Gasteiger partial charge on any atom is -0.468 e. The number of esters is 1. The first-order valence-corrected chi connectivity index (χ1v) is 4.41. The number of carbonyl (C=O) groups excluding carboxylic acids is 1. The van der Waals surface area contributed by atoms with Crippen molar-refractivity contribution in [3.63, 3.8) is 0 Å². The summed E-state index contributed by atoms with van der Waals surface area (Å²) in [5.74, 6) is -0.398. The molecule has 1 unspecified atom stereocenters. The molecule has 0 radical (unpaired) electrons. The Morgan fingerprint density at radius 3 is 2.93 bits per heavy atom. The van der Waals surface area contributed by atoms with Gasteiger partial charge in [-0.1, -0.05) is 0 Å². The molecule has 2 N–H and O–H groups in total. The molecule has 0 aliphatic heterocycles. The largest absolute Gasteiger partial charge is 0.468 e. The summed E-state index contributed by atoms with van der Waals surface area (Å²) >= 11 is 0. The molecule has 78 valence electrons. The molecule has 1 heterocycles. The second-order valence-electron chi connectivity index (χ2n) is 3.43. The van der Waals surface area contributed by atoms with E-state index in [1.807, 2.05) is 12.3 Å². The Hall–Kier alpha value is -1.36. The van der Waals surface area contributed by atoms with E-state index in [1.54, 1.807) is 17.8 Å². The van der Waals surface area contributed by atoms with Crippen LogP contribution in [0.5, 0.6) is 0 Å². The maximum atomic E-state index is 11.2. The van der Waals surface area contributed by atoms with Gasteiger partial charge in [0.15, 0.2) is 0 Å². The maximum Gasteiger partial charge on any atom is 0.325 e. The van der Waals surface area contributed by atoms with Crippen molar-refractivity contribution in [1.29, 1.82) is 0 Å². The van der Waals surface area contributed by atoms with Crippen molar-refractivity contribution in [2.24, 2.45) is 5.73 Å². The summed E-state index contributed by atoms with van der Waals surface area (Å²) in [5.41, 5.74) is 4.83. The van der Waals surface area contributed by atoms with Gasteiger partial charge in [0.05, 0.1) is 7.11 Å². The van der Waals surface area contributed by atoms with Gasteiger partial charge < -0.3 is 10.5 Å². The summed E-state index contributed by atoms with van der Waals surface area (Å²) in [6, 6.07) is 1.83. The molecule has 0 aromatic carbocycles. The van der Waals surface area contributed by atoms with Crippen LogP contribution >= 0.6 is 0 Å². The zero-order valence-corrected chi connectivity index (χ0v) is 8.43. The topological polar surface area (TPSA) is 70.1 Å². The number of nitrogens with two attached hydrogens (primary N) is 1. The first kappa shape index (κ1) is 10.7. The third-order valence-electron chi connectivity index (χ3n) is 2.07. The van der Waals surface area contributed by atoms with E-state index in [2.05, 4.69) is 9.84 Å². The average Bonchev–Trinajstić information content (AvgIpc) is 2.66. The normalized spacial score (nSPS) is 14.8. The number of methoxy groups -OCH3 is 1. The number of aromatic nitrogens is 2. The molecular weight excluding hydrogens is 182 g/mol.